The van der Waals surface area contributed by atoms with Crippen molar-refractivity contribution in [2.75, 3.05) is 0 Å². The van der Waals surface area contributed by atoms with Crippen molar-refractivity contribution >= 4 is 0 Å². The molecule has 36 heavy (non-hydrogen) atoms. The third-order valence-corrected chi connectivity index (χ3v) is 7.10. The van der Waals surface area contributed by atoms with E-state index in [1.807, 2.05) is 0 Å². The lowest BCUT2D eigenvalue weighted by Gasteiger charge is -2.24. The molecule has 0 radical (unpaired) electrons. The normalized spacial score (nSPS) is 11.6. The Labute approximate surface area is 215 Å². The molecule has 0 aliphatic heterocycles. The molecular formula is C33H36N3+. The molecule has 5 aromatic rings. The van der Waals surface area contributed by atoms with Crippen LogP contribution >= 0.6 is 0 Å². The van der Waals surface area contributed by atoms with Crippen LogP contribution in [0.5, 0.6) is 0 Å². The largest absolute Gasteiger partial charge is 0.311 e. The summed E-state index contributed by atoms with van der Waals surface area (Å²) in [6, 6.07) is 28.4. The van der Waals surface area contributed by atoms with E-state index in [4.69, 9.17) is 0 Å². The molecule has 2 aromatic heterocycles. The fraction of sp³-hybridized carbons (Fsp3) is 0.242. The van der Waals surface area contributed by atoms with Crippen LogP contribution in [0.3, 0.4) is 0 Å². The summed E-state index contributed by atoms with van der Waals surface area (Å²) in [5.74, 6) is 1.93. The number of nitrogens with zero attached hydrogens (tertiary/aromatic N) is 3. The monoisotopic (exact) mass is 474 g/mol. The van der Waals surface area contributed by atoms with Crippen LogP contribution in [0.1, 0.15) is 56.2 Å². The maximum atomic E-state index is 2.43. The van der Waals surface area contributed by atoms with Gasteiger partial charge in [-0.2, -0.15) is 4.57 Å². The Balaban J connectivity index is 1.80. The molecule has 0 unspecified atom stereocenters. The van der Waals surface area contributed by atoms with E-state index < -0.39 is 0 Å². The number of para-hydroxylation sites is 1. The fourth-order valence-electron chi connectivity index (χ4n) is 5.19. The Morgan fingerprint density at radius 1 is 0.667 bits per heavy atom. The Morgan fingerprint density at radius 3 is 1.83 bits per heavy atom. The van der Waals surface area contributed by atoms with Gasteiger partial charge < -0.3 is 4.57 Å². The Morgan fingerprint density at radius 2 is 1.25 bits per heavy atom. The van der Waals surface area contributed by atoms with Gasteiger partial charge in [0, 0.05) is 6.20 Å². The van der Waals surface area contributed by atoms with Gasteiger partial charge in [-0.15, -0.1) is 0 Å². The molecule has 0 aliphatic rings. The fourth-order valence-corrected chi connectivity index (χ4v) is 5.19. The highest BCUT2D eigenvalue weighted by Gasteiger charge is 2.28. The van der Waals surface area contributed by atoms with Gasteiger partial charge in [0.2, 0.25) is 0 Å². The van der Waals surface area contributed by atoms with E-state index in [1.165, 1.54) is 45.0 Å². The predicted molar refractivity (Wildman–Crippen MR) is 150 cm³/mol. The van der Waals surface area contributed by atoms with Crippen LogP contribution in [0, 0.1) is 6.92 Å². The Hall–Kier alpha value is -3.85. The number of hydrogen-bond acceptors (Lipinski definition) is 0. The Bertz CT molecular complexity index is 1460. The molecule has 0 N–H and O–H groups in total. The van der Waals surface area contributed by atoms with Gasteiger partial charge in [-0.25, -0.2) is 4.57 Å². The lowest BCUT2D eigenvalue weighted by atomic mass is 9.88. The van der Waals surface area contributed by atoms with Crippen molar-refractivity contribution in [1.29, 1.82) is 0 Å². The van der Waals surface area contributed by atoms with E-state index >= 15 is 0 Å². The standard InChI is InChI=1S/C33H36N3/c1-23(2)29-21-27(26-13-9-7-10-14-26)22-30(24(3)4)32(29)36-18-17-25(5)31(36)33-34(6)19-20-35(33)28-15-11-8-12-16-28/h7-24H,1-6H3/q+1. The first-order chi connectivity index (χ1) is 17.4. The molecule has 0 spiro atoms. The highest BCUT2D eigenvalue weighted by atomic mass is 15.2. The minimum atomic E-state index is 0.381. The second kappa shape index (κ2) is 9.66. The van der Waals surface area contributed by atoms with Crippen molar-refractivity contribution < 1.29 is 4.57 Å². The lowest BCUT2D eigenvalue weighted by molar-refractivity contribution is -0.659. The van der Waals surface area contributed by atoms with Gasteiger partial charge in [0.05, 0.1) is 12.7 Å². The second-order valence-electron chi connectivity index (χ2n) is 10.3. The topological polar surface area (TPSA) is 13.7 Å². The number of aryl methyl sites for hydroxylation is 2. The summed E-state index contributed by atoms with van der Waals surface area (Å²) in [5.41, 5.74) is 10.3. The zero-order valence-electron chi connectivity index (χ0n) is 22.2. The molecule has 5 rings (SSSR count). The number of aromatic nitrogens is 3. The van der Waals surface area contributed by atoms with Gasteiger partial charge in [0.25, 0.3) is 0 Å². The van der Waals surface area contributed by atoms with Gasteiger partial charge in [0.1, 0.15) is 23.8 Å². The molecule has 3 aromatic carbocycles. The smallest absolute Gasteiger partial charge is 0.309 e. The number of rotatable bonds is 6. The predicted octanol–water partition coefficient (Wildman–Crippen LogP) is 7.98. The maximum absolute atomic E-state index is 2.43. The van der Waals surface area contributed by atoms with Crippen molar-refractivity contribution in [3.63, 3.8) is 0 Å². The molecule has 0 aliphatic carbocycles. The highest BCUT2D eigenvalue weighted by Crippen LogP contribution is 2.39. The molecule has 2 heterocycles. The van der Waals surface area contributed by atoms with E-state index in [1.54, 1.807) is 0 Å². The summed E-state index contributed by atoms with van der Waals surface area (Å²) in [6.45, 7) is 11.4. The van der Waals surface area contributed by atoms with Crippen LogP contribution in [0.15, 0.2) is 97.5 Å². The lowest BCUT2D eigenvalue weighted by Crippen LogP contribution is -2.30. The Kier molecular flexibility index (Phi) is 6.40. The zero-order chi connectivity index (χ0) is 25.4. The van der Waals surface area contributed by atoms with Crippen LogP contribution in [0.25, 0.3) is 34.0 Å². The number of imidazole rings is 1. The summed E-state index contributed by atoms with van der Waals surface area (Å²) in [7, 11) is 2.14. The summed E-state index contributed by atoms with van der Waals surface area (Å²) >= 11 is 0. The maximum Gasteiger partial charge on any atom is 0.311 e. The minimum Gasteiger partial charge on any atom is -0.309 e. The quantitative estimate of drug-likeness (QED) is 0.221. The van der Waals surface area contributed by atoms with Gasteiger partial charge >= 0.3 is 5.82 Å². The molecule has 0 fully saturated rings. The summed E-state index contributed by atoms with van der Waals surface area (Å²) in [5, 5.41) is 0. The van der Waals surface area contributed by atoms with Crippen molar-refractivity contribution in [2.45, 2.75) is 46.5 Å². The van der Waals surface area contributed by atoms with Crippen LogP contribution < -0.4 is 4.57 Å². The third-order valence-electron chi connectivity index (χ3n) is 7.10. The SMILES string of the molecule is Cc1ccn(-c2c(C(C)C)cc(-c3ccccc3)cc2C(C)C)c1-c1n(-c2ccccc2)cc[n+]1C. The third kappa shape index (κ3) is 4.19. The van der Waals surface area contributed by atoms with E-state index in [-0.39, 0.29) is 0 Å². The molecule has 0 atom stereocenters. The molecular weight excluding hydrogens is 438 g/mol. The number of hydrogen-bond donors (Lipinski definition) is 0. The van der Waals surface area contributed by atoms with Gasteiger partial charge in [-0.1, -0.05) is 76.2 Å². The van der Waals surface area contributed by atoms with Crippen LogP contribution in [0.4, 0.5) is 0 Å². The summed E-state index contributed by atoms with van der Waals surface area (Å²) in [4.78, 5) is 0. The number of benzene rings is 3. The van der Waals surface area contributed by atoms with Crippen LogP contribution in [-0.4, -0.2) is 9.13 Å². The van der Waals surface area contributed by atoms with E-state index in [0.717, 1.165) is 5.69 Å². The first-order valence-electron chi connectivity index (χ1n) is 12.9. The average molecular weight is 475 g/mol. The molecule has 3 heteroatoms. The van der Waals surface area contributed by atoms with Crippen molar-refractivity contribution in [2.24, 2.45) is 7.05 Å². The van der Waals surface area contributed by atoms with E-state index in [9.17, 15) is 0 Å². The van der Waals surface area contributed by atoms with Crippen molar-refractivity contribution in [3.05, 3.63) is 114 Å². The molecule has 0 saturated heterocycles. The zero-order valence-corrected chi connectivity index (χ0v) is 22.2. The second-order valence-corrected chi connectivity index (χ2v) is 10.3. The van der Waals surface area contributed by atoms with Crippen molar-refractivity contribution in [1.82, 2.24) is 9.13 Å². The van der Waals surface area contributed by atoms with Crippen molar-refractivity contribution in [3.8, 4) is 34.0 Å². The summed E-state index contributed by atoms with van der Waals surface area (Å²) in [6.07, 6.45) is 6.55. The van der Waals surface area contributed by atoms with E-state index in [0.29, 0.717) is 11.8 Å². The highest BCUT2D eigenvalue weighted by molar-refractivity contribution is 5.72. The van der Waals surface area contributed by atoms with E-state index in [2.05, 4.69) is 153 Å². The minimum absolute atomic E-state index is 0.381. The average Bonchev–Trinajstić information content (AvgIpc) is 3.45. The van der Waals surface area contributed by atoms with Gasteiger partial charge in [-0.3, -0.25) is 0 Å². The van der Waals surface area contributed by atoms with Crippen LogP contribution in [-0.2, 0) is 7.05 Å². The van der Waals surface area contributed by atoms with Gasteiger partial charge in [-0.05, 0) is 76.9 Å². The van der Waals surface area contributed by atoms with Gasteiger partial charge in [0.15, 0.2) is 0 Å². The first-order valence-corrected chi connectivity index (χ1v) is 12.9. The summed E-state index contributed by atoms with van der Waals surface area (Å²) < 4.78 is 6.96. The molecule has 0 saturated carbocycles. The first kappa shape index (κ1) is 23.9. The molecule has 182 valence electrons. The molecule has 0 bridgehead atoms. The van der Waals surface area contributed by atoms with Crippen LogP contribution in [0.2, 0.25) is 0 Å². The molecule has 0 amide bonds. The molecule has 3 nitrogen and oxygen atoms in total.